The SMILES string of the molecule is CN(C(=O)C1CC12CCNCC2)C1CCCN(c2cccnn2)C1. The molecule has 2 saturated heterocycles. The van der Waals surface area contributed by atoms with Gasteiger partial charge < -0.3 is 15.1 Å². The molecule has 1 aromatic rings. The number of hydrogen-bond donors (Lipinski definition) is 1. The van der Waals surface area contributed by atoms with Gasteiger partial charge in [0, 0.05) is 38.3 Å². The smallest absolute Gasteiger partial charge is 0.226 e. The molecule has 24 heavy (non-hydrogen) atoms. The molecule has 1 aliphatic carbocycles. The van der Waals surface area contributed by atoms with Crippen LogP contribution in [0.25, 0.3) is 0 Å². The average molecular weight is 329 g/mol. The molecule has 3 aliphatic rings. The summed E-state index contributed by atoms with van der Waals surface area (Å²) < 4.78 is 0. The molecule has 1 amide bonds. The zero-order valence-corrected chi connectivity index (χ0v) is 14.4. The van der Waals surface area contributed by atoms with E-state index in [0.29, 0.717) is 11.3 Å². The number of carbonyl (C=O) groups is 1. The maximum atomic E-state index is 13.0. The zero-order valence-electron chi connectivity index (χ0n) is 14.4. The van der Waals surface area contributed by atoms with Gasteiger partial charge in [-0.1, -0.05) is 0 Å². The summed E-state index contributed by atoms with van der Waals surface area (Å²) in [7, 11) is 2.00. The fourth-order valence-electron chi connectivity index (χ4n) is 4.54. The van der Waals surface area contributed by atoms with E-state index >= 15 is 0 Å². The number of piperidine rings is 2. The monoisotopic (exact) mass is 329 g/mol. The molecular weight excluding hydrogens is 302 g/mol. The van der Waals surface area contributed by atoms with E-state index in [9.17, 15) is 4.79 Å². The Morgan fingerprint density at radius 2 is 2.25 bits per heavy atom. The van der Waals surface area contributed by atoms with Crippen molar-refractivity contribution in [3.8, 4) is 0 Å². The van der Waals surface area contributed by atoms with Crippen LogP contribution in [-0.4, -0.2) is 60.3 Å². The van der Waals surface area contributed by atoms with Crippen molar-refractivity contribution in [2.24, 2.45) is 11.3 Å². The minimum Gasteiger partial charge on any atom is -0.353 e. The van der Waals surface area contributed by atoms with Crippen LogP contribution in [0, 0.1) is 11.3 Å². The molecule has 0 aromatic carbocycles. The number of nitrogens with one attached hydrogen (secondary N) is 1. The molecule has 6 nitrogen and oxygen atoms in total. The fraction of sp³-hybridized carbons (Fsp3) is 0.722. The summed E-state index contributed by atoms with van der Waals surface area (Å²) in [6, 6.07) is 4.21. The van der Waals surface area contributed by atoms with Gasteiger partial charge in [0.25, 0.3) is 0 Å². The maximum absolute atomic E-state index is 13.0. The van der Waals surface area contributed by atoms with Crippen LogP contribution in [0.3, 0.4) is 0 Å². The van der Waals surface area contributed by atoms with Crippen LogP contribution in [0.1, 0.15) is 32.1 Å². The average Bonchev–Trinajstić information content (AvgIpc) is 3.34. The van der Waals surface area contributed by atoms with Crippen molar-refractivity contribution in [3.63, 3.8) is 0 Å². The Kier molecular flexibility index (Phi) is 4.16. The highest BCUT2D eigenvalue weighted by Crippen LogP contribution is 2.59. The molecule has 130 valence electrons. The van der Waals surface area contributed by atoms with Gasteiger partial charge in [-0.05, 0) is 62.7 Å². The topological polar surface area (TPSA) is 61.4 Å². The summed E-state index contributed by atoms with van der Waals surface area (Å²) >= 11 is 0. The molecule has 1 saturated carbocycles. The van der Waals surface area contributed by atoms with E-state index in [0.717, 1.165) is 64.1 Å². The van der Waals surface area contributed by atoms with Crippen LogP contribution in [0.2, 0.25) is 0 Å². The van der Waals surface area contributed by atoms with Crippen molar-refractivity contribution in [1.29, 1.82) is 0 Å². The van der Waals surface area contributed by atoms with Gasteiger partial charge in [0.1, 0.15) is 0 Å². The van der Waals surface area contributed by atoms with Gasteiger partial charge in [-0.15, -0.1) is 5.10 Å². The molecule has 4 rings (SSSR count). The lowest BCUT2D eigenvalue weighted by Crippen LogP contribution is -2.49. The summed E-state index contributed by atoms with van der Waals surface area (Å²) in [6.07, 6.45) is 7.30. The van der Waals surface area contributed by atoms with Crippen molar-refractivity contribution in [1.82, 2.24) is 20.4 Å². The number of amides is 1. The van der Waals surface area contributed by atoms with Gasteiger partial charge in [-0.3, -0.25) is 4.79 Å². The van der Waals surface area contributed by atoms with Crippen molar-refractivity contribution in [3.05, 3.63) is 18.3 Å². The number of anilines is 1. The number of likely N-dealkylation sites (N-methyl/N-ethyl adjacent to an activating group) is 1. The maximum Gasteiger partial charge on any atom is 0.226 e. The number of rotatable bonds is 3. The van der Waals surface area contributed by atoms with E-state index in [1.54, 1.807) is 6.20 Å². The molecule has 6 heteroatoms. The van der Waals surface area contributed by atoms with Crippen molar-refractivity contribution < 1.29 is 4.79 Å². The van der Waals surface area contributed by atoms with Gasteiger partial charge >= 0.3 is 0 Å². The van der Waals surface area contributed by atoms with Crippen LogP contribution >= 0.6 is 0 Å². The Morgan fingerprint density at radius 3 is 3.00 bits per heavy atom. The molecule has 1 spiro atoms. The number of hydrogen-bond acceptors (Lipinski definition) is 5. The predicted octanol–water partition coefficient (Wildman–Crippen LogP) is 1.29. The highest BCUT2D eigenvalue weighted by molar-refractivity contribution is 5.83. The fourth-order valence-corrected chi connectivity index (χ4v) is 4.54. The standard InChI is InChI=1S/C18H27N5O/c1-22(17(24)15-12-18(15)6-9-19-10-7-18)14-4-3-11-23(13-14)16-5-2-8-20-21-16/h2,5,8,14-15,19H,3-4,6-7,9-13H2,1H3. The van der Waals surface area contributed by atoms with Gasteiger partial charge in [0.15, 0.2) is 5.82 Å². The Balaban J connectivity index is 1.39. The number of nitrogens with zero attached hydrogens (tertiary/aromatic N) is 4. The van der Waals surface area contributed by atoms with Gasteiger partial charge in [0.2, 0.25) is 5.91 Å². The molecule has 0 bridgehead atoms. The Labute approximate surface area is 143 Å². The first-order valence-electron chi connectivity index (χ1n) is 9.20. The number of carbonyl (C=O) groups excluding carboxylic acids is 1. The predicted molar refractivity (Wildman–Crippen MR) is 92.7 cm³/mol. The second kappa shape index (κ2) is 6.31. The van der Waals surface area contributed by atoms with E-state index in [2.05, 4.69) is 20.4 Å². The number of aromatic nitrogens is 2. The van der Waals surface area contributed by atoms with E-state index in [4.69, 9.17) is 0 Å². The molecule has 1 aromatic heterocycles. The Morgan fingerprint density at radius 1 is 1.42 bits per heavy atom. The normalized spacial score (nSPS) is 28.6. The first-order chi connectivity index (χ1) is 11.7. The molecule has 2 aliphatic heterocycles. The second-order valence-electron chi connectivity index (χ2n) is 7.64. The largest absolute Gasteiger partial charge is 0.353 e. The third-order valence-electron chi connectivity index (χ3n) is 6.26. The summed E-state index contributed by atoms with van der Waals surface area (Å²) in [5.74, 6) is 1.55. The highest BCUT2D eigenvalue weighted by Gasteiger charge is 2.58. The third-order valence-corrected chi connectivity index (χ3v) is 6.26. The Bertz CT molecular complexity index is 586. The van der Waals surface area contributed by atoms with Crippen molar-refractivity contribution in [2.45, 2.75) is 38.1 Å². The summed E-state index contributed by atoms with van der Waals surface area (Å²) in [6.45, 7) is 3.99. The second-order valence-corrected chi connectivity index (χ2v) is 7.64. The molecular formula is C18H27N5O. The minimum atomic E-state index is 0.261. The van der Waals surface area contributed by atoms with Crippen molar-refractivity contribution in [2.75, 3.05) is 38.1 Å². The van der Waals surface area contributed by atoms with Crippen molar-refractivity contribution >= 4 is 11.7 Å². The van der Waals surface area contributed by atoms with E-state index in [1.165, 1.54) is 0 Å². The molecule has 2 atom stereocenters. The lowest BCUT2D eigenvalue weighted by molar-refractivity contribution is -0.134. The van der Waals surface area contributed by atoms with Gasteiger partial charge in [-0.2, -0.15) is 5.10 Å². The molecule has 0 radical (unpaired) electrons. The molecule has 3 heterocycles. The van der Waals surface area contributed by atoms with Crippen LogP contribution in [0.4, 0.5) is 5.82 Å². The Hall–Kier alpha value is -1.69. The third kappa shape index (κ3) is 2.88. The minimum absolute atomic E-state index is 0.261. The first kappa shape index (κ1) is 15.8. The lowest BCUT2D eigenvalue weighted by Gasteiger charge is -2.38. The van der Waals surface area contributed by atoms with E-state index in [-0.39, 0.29) is 12.0 Å². The first-order valence-corrected chi connectivity index (χ1v) is 9.20. The molecule has 3 fully saturated rings. The lowest BCUT2D eigenvalue weighted by atomic mass is 9.91. The van der Waals surface area contributed by atoms with E-state index in [1.807, 2.05) is 24.1 Å². The summed E-state index contributed by atoms with van der Waals surface area (Å²) in [4.78, 5) is 17.3. The van der Waals surface area contributed by atoms with Crippen LogP contribution in [0.15, 0.2) is 18.3 Å². The van der Waals surface area contributed by atoms with Gasteiger partial charge in [-0.25, -0.2) is 0 Å². The van der Waals surface area contributed by atoms with Gasteiger partial charge in [0.05, 0.1) is 0 Å². The van der Waals surface area contributed by atoms with Crippen LogP contribution < -0.4 is 10.2 Å². The van der Waals surface area contributed by atoms with E-state index < -0.39 is 0 Å². The zero-order chi connectivity index (χ0) is 16.6. The summed E-state index contributed by atoms with van der Waals surface area (Å²) in [5.41, 5.74) is 0.315. The van der Waals surface area contributed by atoms with Crippen LogP contribution in [0.5, 0.6) is 0 Å². The molecule has 1 N–H and O–H groups in total. The molecule has 2 unspecified atom stereocenters. The summed E-state index contributed by atoms with van der Waals surface area (Å²) in [5, 5.41) is 11.6. The van der Waals surface area contributed by atoms with Crippen LogP contribution in [-0.2, 0) is 4.79 Å². The quantitative estimate of drug-likeness (QED) is 0.905. The highest BCUT2D eigenvalue weighted by atomic mass is 16.2.